The van der Waals surface area contributed by atoms with Crippen molar-refractivity contribution in [1.82, 2.24) is 19.5 Å². The van der Waals surface area contributed by atoms with Gasteiger partial charge in [0.15, 0.2) is 0 Å². The average molecular weight is 439 g/mol. The first-order chi connectivity index (χ1) is 15.7. The first-order valence-electron chi connectivity index (χ1n) is 11.0. The van der Waals surface area contributed by atoms with Crippen molar-refractivity contribution in [1.29, 1.82) is 0 Å². The molecule has 0 fully saturated rings. The molecule has 0 saturated heterocycles. The third-order valence-corrected chi connectivity index (χ3v) is 5.74. The molecule has 3 aromatic carbocycles. The van der Waals surface area contributed by atoms with Crippen LogP contribution in [0.15, 0.2) is 77.6 Å². The van der Waals surface area contributed by atoms with Crippen LogP contribution < -0.4 is 10.9 Å². The van der Waals surface area contributed by atoms with Gasteiger partial charge >= 0.3 is 0 Å². The molecule has 1 atom stereocenters. The molecule has 1 unspecified atom stereocenters. The van der Waals surface area contributed by atoms with Crippen LogP contribution in [-0.2, 0) is 4.79 Å². The van der Waals surface area contributed by atoms with Gasteiger partial charge in [-0.2, -0.15) is 5.10 Å². The zero-order valence-electron chi connectivity index (χ0n) is 19.2. The Bertz CT molecular complexity index is 1570. The van der Waals surface area contributed by atoms with Crippen LogP contribution in [0.4, 0.5) is 0 Å². The second kappa shape index (κ2) is 7.59. The standard InChI is InChI=1S/C27H26N4O2/c1-17-14-15-20-19(16-17)24-26(33)30(21-12-8-9-13-22(21)31(24)29-20)23(18-10-6-5-7-11-18)25(32)28-27(2,3)4/h5-16,23H,1-4H3,(H,28,32). The highest BCUT2D eigenvalue weighted by Crippen LogP contribution is 2.27. The molecule has 2 heterocycles. The summed E-state index contributed by atoms with van der Waals surface area (Å²) in [5.41, 5.74) is 3.72. The number of carbonyl (C=O) groups is 1. The molecule has 166 valence electrons. The Morgan fingerprint density at radius 1 is 0.939 bits per heavy atom. The molecule has 6 heteroatoms. The maximum absolute atomic E-state index is 14.1. The van der Waals surface area contributed by atoms with E-state index in [1.54, 1.807) is 9.08 Å². The largest absolute Gasteiger partial charge is 0.349 e. The molecule has 6 nitrogen and oxygen atoms in total. The highest BCUT2D eigenvalue weighted by atomic mass is 16.2. The second-order valence-electron chi connectivity index (χ2n) is 9.50. The van der Waals surface area contributed by atoms with Gasteiger partial charge in [-0.05, 0) is 57.5 Å². The molecular weight excluding hydrogens is 412 g/mol. The van der Waals surface area contributed by atoms with Gasteiger partial charge in [-0.3, -0.25) is 14.2 Å². The molecule has 5 rings (SSSR count). The Morgan fingerprint density at radius 2 is 1.61 bits per heavy atom. The predicted octanol–water partition coefficient (Wildman–Crippen LogP) is 4.61. The number of nitrogens with zero attached hydrogens (tertiary/aromatic N) is 3. The third-order valence-electron chi connectivity index (χ3n) is 5.74. The van der Waals surface area contributed by atoms with E-state index >= 15 is 0 Å². The number of para-hydroxylation sites is 2. The van der Waals surface area contributed by atoms with Gasteiger partial charge in [0, 0.05) is 10.9 Å². The lowest BCUT2D eigenvalue weighted by molar-refractivity contribution is -0.124. The Labute approximate surface area is 191 Å². The number of benzene rings is 3. The maximum atomic E-state index is 14.1. The van der Waals surface area contributed by atoms with Crippen LogP contribution in [-0.4, -0.2) is 25.6 Å². The first kappa shape index (κ1) is 20.9. The van der Waals surface area contributed by atoms with Crippen LogP contribution in [0.1, 0.15) is 37.9 Å². The number of nitrogens with one attached hydrogen (secondary N) is 1. The highest BCUT2D eigenvalue weighted by Gasteiger charge is 2.30. The predicted molar refractivity (Wildman–Crippen MR) is 132 cm³/mol. The number of amides is 1. The second-order valence-corrected chi connectivity index (χ2v) is 9.50. The molecule has 1 amide bonds. The van der Waals surface area contributed by atoms with E-state index < -0.39 is 11.6 Å². The van der Waals surface area contributed by atoms with Gasteiger partial charge < -0.3 is 5.32 Å². The maximum Gasteiger partial charge on any atom is 0.278 e. The van der Waals surface area contributed by atoms with Crippen LogP contribution in [0.5, 0.6) is 0 Å². The molecule has 0 bridgehead atoms. The summed E-state index contributed by atoms with van der Waals surface area (Å²) in [5.74, 6) is -0.231. The number of aromatic nitrogens is 3. The van der Waals surface area contributed by atoms with Crippen LogP contribution in [0, 0.1) is 6.92 Å². The van der Waals surface area contributed by atoms with E-state index in [0.717, 1.165) is 27.5 Å². The van der Waals surface area contributed by atoms with Gasteiger partial charge in [0.2, 0.25) is 5.91 Å². The summed E-state index contributed by atoms with van der Waals surface area (Å²) >= 11 is 0. The van der Waals surface area contributed by atoms with Crippen LogP contribution in [0.3, 0.4) is 0 Å². The van der Waals surface area contributed by atoms with Crippen molar-refractivity contribution in [3.63, 3.8) is 0 Å². The molecule has 1 N–H and O–H groups in total. The molecule has 0 radical (unpaired) electrons. The molecule has 2 aromatic heterocycles. The fourth-order valence-corrected chi connectivity index (χ4v) is 4.40. The van der Waals surface area contributed by atoms with Crippen molar-refractivity contribution >= 4 is 33.4 Å². The van der Waals surface area contributed by atoms with Crippen LogP contribution >= 0.6 is 0 Å². The topological polar surface area (TPSA) is 68.4 Å². The van der Waals surface area contributed by atoms with Gasteiger partial charge in [0.05, 0.1) is 16.6 Å². The molecule has 0 aliphatic heterocycles. The minimum absolute atomic E-state index is 0.231. The molecule has 0 spiro atoms. The first-order valence-corrected chi connectivity index (χ1v) is 11.0. The zero-order chi connectivity index (χ0) is 23.3. The fraction of sp³-hybridized carbons (Fsp3) is 0.222. The van der Waals surface area contributed by atoms with E-state index in [1.165, 1.54) is 0 Å². The van der Waals surface area contributed by atoms with Gasteiger partial charge in [-0.25, -0.2) is 4.52 Å². The molecule has 5 aromatic rings. The van der Waals surface area contributed by atoms with E-state index in [2.05, 4.69) is 5.32 Å². The van der Waals surface area contributed by atoms with E-state index in [9.17, 15) is 9.59 Å². The van der Waals surface area contributed by atoms with Crippen molar-refractivity contribution < 1.29 is 4.79 Å². The fourth-order valence-electron chi connectivity index (χ4n) is 4.40. The Hall–Kier alpha value is -3.93. The lowest BCUT2D eigenvalue weighted by atomic mass is 10.0. The zero-order valence-corrected chi connectivity index (χ0v) is 19.2. The number of carbonyl (C=O) groups excluding carboxylic acids is 1. The van der Waals surface area contributed by atoms with Crippen molar-refractivity contribution in [2.75, 3.05) is 0 Å². The summed E-state index contributed by atoms with van der Waals surface area (Å²) in [6.07, 6.45) is 0. The van der Waals surface area contributed by atoms with Crippen molar-refractivity contribution in [3.05, 3.63) is 94.3 Å². The van der Waals surface area contributed by atoms with Gasteiger partial charge in [0.1, 0.15) is 11.6 Å². The van der Waals surface area contributed by atoms with E-state index in [1.807, 2.05) is 100 Å². The minimum atomic E-state index is -0.831. The monoisotopic (exact) mass is 438 g/mol. The number of aryl methyl sites for hydroxylation is 1. The van der Waals surface area contributed by atoms with Gasteiger partial charge in [-0.1, -0.05) is 54.1 Å². The number of hydrogen-bond donors (Lipinski definition) is 1. The lowest BCUT2D eigenvalue weighted by Crippen LogP contribution is -2.46. The van der Waals surface area contributed by atoms with E-state index in [4.69, 9.17) is 5.10 Å². The van der Waals surface area contributed by atoms with Gasteiger partial charge in [0.25, 0.3) is 5.56 Å². The summed E-state index contributed by atoms with van der Waals surface area (Å²) in [7, 11) is 0. The molecular formula is C27H26N4O2. The highest BCUT2D eigenvalue weighted by molar-refractivity contribution is 5.98. The molecule has 0 aliphatic carbocycles. The van der Waals surface area contributed by atoms with Crippen molar-refractivity contribution in [2.45, 2.75) is 39.3 Å². The van der Waals surface area contributed by atoms with E-state index in [-0.39, 0.29) is 11.5 Å². The smallest absolute Gasteiger partial charge is 0.278 e. The quantitative estimate of drug-likeness (QED) is 0.447. The lowest BCUT2D eigenvalue weighted by Gasteiger charge is -2.27. The summed E-state index contributed by atoms with van der Waals surface area (Å²) in [6, 6.07) is 22.1. The Kier molecular flexibility index (Phi) is 4.81. The molecule has 0 aliphatic rings. The average Bonchev–Trinajstić information content (AvgIpc) is 3.15. The van der Waals surface area contributed by atoms with E-state index in [0.29, 0.717) is 11.0 Å². The van der Waals surface area contributed by atoms with Crippen molar-refractivity contribution in [2.24, 2.45) is 0 Å². The Morgan fingerprint density at radius 3 is 2.30 bits per heavy atom. The SMILES string of the molecule is Cc1ccc2nn3c4ccccc4n(C(C(=O)NC(C)(C)C)c4ccccc4)c(=O)c3c2c1. The van der Waals surface area contributed by atoms with Crippen LogP contribution in [0.2, 0.25) is 0 Å². The summed E-state index contributed by atoms with van der Waals surface area (Å²) in [4.78, 5) is 27.8. The Balaban J connectivity index is 1.92. The van der Waals surface area contributed by atoms with Gasteiger partial charge in [-0.15, -0.1) is 0 Å². The molecule has 0 saturated carbocycles. The molecule has 33 heavy (non-hydrogen) atoms. The van der Waals surface area contributed by atoms with Crippen LogP contribution in [0.25, 0.3) is 27.5 Å². The number of fused-ring (bicyclic) bond motifs is 5. The minimum Gasteiger partial charge on any atom is -0.349 e. The normalized spacial score (nSPS) is 13.0. The third kappa shape index (κ3) is 3.57. The number of rotatable bonds is 3. The number of hydrogen-bond acceptors (Lipinski definition) is 3. The summed E-state index contributed by atoms with van der Waals surface area (Å²) in [5, 5.41) is 8.58. The summed E-state index contributed by atoms with van der Waals surface area (Å²) < 4.78 is 3.33. The summed E-state index contributed by atoms with van der Waals surface area (Å²) in [6.45, 7) is 7.80. The van der Waals surface area contributed by atoms with Crippen molar-refractivity contribution in [3.8, 4) is 0 Å².